The van der Waals surface area contributed by atoms with Crippen LogP contribution in [0.4, 0.5) is 4.79 Å². The molecule has 154 valence electrons. The molecule has 1 N–H and O–H groups in total. The molecule has 0 aliphatic carbocycles. The molecule has 6 nitrogen and oxygen atoms in total. The Kier molecular flexibility index (Phi) is 5.82. The minimum absolute atomic E-state index is 0.0254. The van der Waals surface area contributed by atoms with Crippen molar-refractivity contribution in [3.05, 3.63) is 34.9 Å². The lowest BCUT2D eigenvalue weighted by Crippen LogP contribution is -2.56. The topological polar surface area (TPSA) is 70.1 Å². The highest BCUT2D eigenvalue weighted by Crippen LogP contribution is 2.29. The first kappa shape index (κ1) is 20.2. The normalized spacial score (nSPS) is 26.3. The zero-order chi connectivity index (χ0) is 20.4. The first-order valence-electron chi connectivity index (χ1n) is 10.1. The number of urea groups is 1. The molecule has 0 bridgehead atoms. The van der Waals surface area contributed by atoms with Crippen LogP contribution in [0.15, 0.2) is 24.3 Å². The Morgan fingerprint density at radius 2 is 1.97 bits per heavy atom. The molecule has 3 aliphatic rings. The second-order valence-electron chi connectivity index (χ2n) is 8.12. The summed E-state index contributed by atoms with van der Waals surface area (Å²) in [6, 6.07) is 7.26. The second kappa shape index (κ2) is 8.35. The Labute approximate surface area is 175 Å². The van der Waals surface area contributed by atoms with Crippen LogP contribution in [0.5, 0.6) is 0 Å². The highest BCUT2D eigenvalue weighted by molar-refractivity contribution is 6.31. The van der Waals surface area contributed by atoms with Crippen LogP contribution in [0.3, 0.4) is 0 Å². The molecule has 1 aromatic carbocycles. The molecule has 0 spiro atoms. The fourth-order valence-electron chi connectivity index (χ4n) is 4.29. The molecule has 29 heavy (non-hydrogen) atoms. The number of likely N-dealkylation sites (tertiary alicyclic amines) is 2. The molecule has 3 fully saturated rings. The van der Waals surface area contributed by atoms with Crippen molar-refractivity contribution < 1.29 is 19.4 Å². The molecule has 0 aromatic heterocycles. The number of piperidine rings is 2. The third-order valence-electron chi connectivity index (χ3n) is 6.05. The number of hydrogen-bond donors (Lipinski definition) is 1. The number of amides is 2. The van der Waals surface area contributed by atoms with Crippen LogP contribution in [-0.4, -0.2) is 71.2 Å². The maximum Gasteiger partial charge on any atom is 0.320 e. The van der Waals surface area contributed by atoms with E-state index in [2.05, 4.69) is 11.8 Å². The fourth-order valence-corrected chi connectivity index (χ4v) is 4.47. The summed E-state index contributed by atoms with van der Waals surface area (Å²) in [5.41, 5.74) is -0.430. The number of Topliss-reactive ketones (excluding diaryl/α,β-unsaturated/α-hetero) is 1. The Balaban J connectivity index is 1.34. The van der Waals surface area contributed by atoms with Crippen LogP contribution in [0.1, 0.15) is 31.2 Å². The smallest absolute Gasteiger partial charge is 0.320 e. The number of ether oxygens (including phenoxy) is 1. The SMILES string of the molecule is O=C1CO[C@H]2CCN(C(=O)N3CCC(O)(C#Cc4ccccc4Cl)CC3)C[C@H]2C1. The van der Waals surface area contributed by atoms with Gasteiger partial charge in [-0.05, 0) is 18.6 Å². The predicted molar refractivity (Wildman–Crippen MR) is 109 cm³/mol. The number of ketones is 1. The molecule has 0 saturated carbocycles. The number of hydrogen-bond acceptors (Lipinski definition) is 4. The predicted octanol–water partition coefficient (Wildman–Crippen LogP) is 2.32. The largest absolute Gasteiger partial charge is 0.377 e. The van der Waals surface area contributed by atoms with E-state index in [0.29, 0.717) is 56.0 Å². The lowest BCUT2D eigenvalue weighted by atomic mass is 9.88. The summed E-state index contributed by atoms with van der Waals surface area (Å²) in [5.74, 6) is 6.13. The number of carbonyl (C=O) groups is 2. The van der Waals surface area contributed by atoms with Crippen molar-refractivity contribution in [2.24, 2.45) is 5.92 Å². The van der Waals surface area contributed by atoms with E-state index in [1.807, 2.05) is 23.1 Å². The van der Waals surface area contributed by atoms with Gasteiger partial charge in [-0.2, -0.15) is 0 Å². The van der Waals surface area contributed by atoms with E-state index in [0.717, 1.165) is 6.42 Å². The van der Waals surface area contributed by atoms with E-state index in [9.17, 15) is 14.7 Å². The first-order chi connectivity index (χ1) is 13.9. The fraction of sp³-hybridized carbons (Fsp3) is 0.545. The van der Waals surface area contributed by atoms with Gasteiger partial charge in [-0.1, -0.05) is 35.6 Å². The number of rotatable bonds is 0. The molecule has 3 heterocycles. The van der Waals surface area contributed by atoms with Gasteiger partial charge in [0.2, 0.25) is 0 Å². The van der Waals surface area contributed by atoms with E-state index in [1.54, 1.807) is 11.0 Å². The van der Waals surface area contributed by atoms with Crippen LogP contribution < -0.4 is 0 Å². The summed E-state index contributed by atoms with van der Waals surface area (Å²) < 4.78 is 5.61. The van der Waals surface area contributed by atoms with Gasteiger partial charge in [0, 0.05) is 56.9 Å². The molecule has 0 unspecified atom stereocenters. The van der Waals surface area contributed by atoms with Gasteiger partial charge in [0.25, 0.3) is 0 Å². The average Bonchev–Trinajstić information content (AvgIpc) is 2.73. The van der Waals surface area contributed by atoms with E-state index in [4.69, 9.17) is 16.3 Å². The van der Waals surface area contributed by atoms with Gasteiger partial charge in [-0.15, -0.1) is 0 Å². The standard InChI is InChI=1S/C22H25ClN2O4/c23-19-4-2-1-3-16(19)5-7-22(28)8-11-24(12-9-22)21(27)25-10-6-20-17(14-25)13-18(26)15-29-20/h1-4,17,20,28H,6,8-15H2/t17-,20+/m1/s1. The van der Waals surface area contributed by atoms with E-state index in [1.165, 1.54) is 0 Å². The zero-order valence-corrected chi connectivity index (χ0v) is 17.0. The third kappa shape index (κ3) is 4.58. The molecule has 3 aliphatic heterocycles. The number of aliphatic hydroxyl groups is 1. The molecule has 4 rings (SSSR count). The van der Waals surface area contributed by atoms with Crippen molar-refractivity contribution in [2.45, 2.75) is 37.4 Å². The summed E-state index contributed by atoms with van der Waals surface area (Å²) in [6.45, 7) is 2.30. The van der Waals surface area contributed by atoms with E-state index in [-0.39, 0.29) is 30.4 Å². The molecular weight excluding hydrogens is 392 g/mol. The summed E-state index contributed by atoms with van der Waals surface area (Å²) in [5, 5.41) is 11.4. The molecule has 1 aromatic rings. The minimum Gasteiger partial charge on any atom is -0.377 e. The summed E-state index contributed by atoms with van der Waals surface area (Å²) in [7, 11) is 0. The average molecular weight is 417 g/mol. The quantitative estimate of drug-likeness (QED) is 0.659. The summed E-state index contributed by atoms with van der Waals surface area (Å²) in [4.78, 5) is 28.2. The van der Waals surface area contributed by atoms with Crippen molar-refractivity contribution in [2.75, 3.05) is 32.8 Å². The number of fused-ring (bicyclic) bond motifs is 1. The molecule has 0 radical (unpaired) electrons. The van der Waals surface area contributed by atoms with Crippen molar-refractivity contribution in [3.8, 4) is 11.8 Å². The lowest BCUT2D eigenvalue weighted by molar-refractivity contribution is -0.140. The van der Waals surface area contributed by atoms with Crippen molar-refractivity contribution >= 4 is 23.4 Å². The van der Waals surface area contributed by atoms with Crippen molar-refractivity contribution in [3.63, 3.8) is 0 Å². The molecule has 2 atom stereocenters. The van der Waals surface area contributed by atoms with Gasteiger partial charge in [0.05, 0.1) is 11.1 Å². The van der Waals surface area contributed by atoms with Gasteiger partial charge in [0.1, 0.15) is 12.2 Å². The van der Waals surface area contributed by atoms with Gasteiger partial charge in [-0.3, -0.25) is 4.79 Å². The maximum absolute atomic E-state index is 12.9. The van der Waals surface area contributed by atoms with Crippen molar-refractivity contribution in [1.82, 2.24) is 9.80 Å². The van der Waals surface area contributed by atoms with Crippen LogP contribution in [0, 0.1) is 17.8 Å². The Hall–Kier alpha value is -2.07. The van der Waals surface area contributed by atoms with Crippen molar-refractivity contribution in [1.29, 1.82) is 0 Å². The van der Waals surface area contributed by atoms with Crippen LogP contribution in [0.2, 0.25) is 5.02 Å². The summed E-state index contributed by atoms with van der Waals surface area (Å²) in [6.07, 6.45) is 2.15. The van der Waals surface area contributed by atoms with Gasteiger partial charge in [0.15, 0.2) is 5.78 Å². The van der Waals surface area contributed by atoms with Gasteiger partial charge >= 0.3 is 6.03 Å². The van der Waals surface area contributed by atoms with Gasteiger partial charge < -0.3 is 19.6 Å². The molecular formula is C22H25ClN2O4. The second-order valence-corrected chi connectivity index (χ2v) is 8.53. The lowest BCUT2D eigenvalue weighted by Gasteiger charge is -2.43. The van der Waals surface area contributed by atoms with Crippen LogP contribution in [-0.2, 0) is 9.53 Å². The van der Waals surface area contributed by atoms with E-state index >= 15 is 0 Å². The maximum atomic E-state index is 12.9. The minimum atomic E-state index is -1.12. The third-order valence-corrected chi connectivity index (χ3v) is 6.38. The van der Waals surface area contributed by atoms with Crippen LogP contribution >= 0.6 is 11.6 Å². The Morgan fingerprint density at radius 1 is 1.21 bits per heavy atom. The molecule has 7 heteroatoms. The number of carbonyl (C=O) groups excluding carboxylic acids is 2. The highest BCUT2D eigenvalue weighted by Gasteiger charge is 2.39. The first-order valence-corrected chi connectivity index (χ1v) is 10.5. The number of nitrogens with zero attached hydrogens (tertiary/aromatic N) is 2. The highest BCUT2D eigenvalue weighted by atomic mass is 35.5. The Morgan fingerprint density at radius 3 is 2.72 bits per heavy atom. The number of benzene rings is 1. The summed E-state index contributed by atoms with van der Waals surface area (Å²) >= 11 is 6.12. The molecule has 3 saturated heterocycles. The molecule has 2 amide bonds. The zero-order valence-electron chi connectivity index (χ0n) is 16.3. The monoisotopic (exact) mass is 416 g/mol. The van der Waals surface area contributed by atoms with E-state index < -0.39 is 5.60 Å². The Bertz CT molecular complexity index is 854. The number of halogens is 1. The van der Waals surface area contributed by atoms with Gasteiger partial charge in [-0.25, -0.2) is 4.79 Å². The van der Waals surface area contributed by atoms with Crippen LogP contribution in [0.25, 0.3) is 0 Å².